The molecule has 1 aromatic carbocycles. The number of nitrogens with one attached hydrogen (secondary N) is 1. The van der Waals surface area contributed by atoms with Crippen LogP contribution in [0.4, 0.5) is 5.69 Å². The van der Waals surface area contributed by atoms with Gasteiger partial charge in [-0.1, -0.05) is 6.07 Å². The van der Waals surface area contributed by atoms with Gasteiger partial charge in [-0.05, 0) is 31.5 Å². The highest BCUT2D eigenvalue weighted by atomic mass is 16.5. The molecule has 2 rings (SSSR count). The summed E-state index contributed by atoms with van der Waals surface area (Å²) in [5.74, 6) is 0.163. The maximum atomic E-state index is 11.5. The first-order valence-corrected chi connectivity index (χ1v) is 4.77. The number of hydrogen-bond donors (Lipinski definition) is 2. The number of fused-ring (bicyclic) bond motifs is 1. The lowest BCUT2D eigenvalue weighted by Crippen LogP contribution is -2.46. The molecule has 1 aromatic rings. The van der Waals surface area contributed by atoms with Gasteiger partial charge in [-0.3, -0.25) is 0 Å². The van der Waals surface area contributed by atoms with Gasteiger partial charge in [0.1, 0.15) is 5.54 Å². The van der Waals surface area contributed by atoms with Gasteiger partial charge in [0.25, 0.3) is 0 Å². The van der Waals surface area contributed by atoms with E-state index in [1.807, 2.05) is 0 Å². The lowest BCUT2D eigenvalue weighted by Gasteiger charge is -2.31. The van der Waals surface area contributed by atoms with Gasteiger partial charge in [0.15, 0.2) is 5.75 Å². The fourth-order valence-corrected chi connectivity index (χ4v) is 1.47. The maximum absolute atomic E-state index is 11.5. The third-order valence-corrected chi connectivity index (χ3v) is 2.39. The van der Waals surface area contributed by atoms with E-state index in [1.165, 1.54) is 0 Å². The van der Waals surface area contributed by atoms with Crippen LogP contribution < -0.4 is 10.1 Å². The molecule has 4 nitrogen and oxygen atoms in total. The van der Waals surface area contributed by atoms with E-state index in [9.17, 15) is 4.79 Å². The normalized spacial score (nSPS) is 17.7. The lowest BCUT2D eigenvalue weighted by molar-refractivity contribution is -0.139. The average Bonchev–Trinajstić information content (AvgIpc) is 2.19. The second kappa shape index (κ2) is 3.24. The number of aliphatic hydroxyl groups is 1. The first kappa shape index (κ1) is 9.98. The van der Waals surface area contributed by atoms with Crippen molar-refractivity contribution in [2.24, 2.45) is 0 Å². The van der Waals surface area contributed by atoms with Crippen LogP contribution in [0.25, 0.3) is 0 Å². The summed E-state index contributed by atoms with van der Waals surface area (Å²) < 4.78 is 5.18. The Morgan fingerprint density at radius 3 is 2.87 bits per heavy atom. The molecule has 0 aliphatic carbocycles. The van der Waals surface area contributed by atoms with Crippen molar-refractivity contribution >= 4 is 11.7 Å². The summed E-state index contributed by atoms with van der Waals surface area (Å²) in [6.07, 6.45) is 0. The molecule has 0 amide bonds. The van der Waals surface area contributed by atoms with Gasteiger partial charge in [-0.25, -0.2) is 4.79 Å². The Morgan fingerprint density at radius 2 is 2.20 bits per heavy atom. The zero-order valence-corrected chi connectivity index (χ0v) is 8.70. The Bertz CT molecular complexity index is 412. The number of carbonyl (C=O) groups is 1. The molecule has 0 aromatic heterocycles. The molecule has 0 spiro atoms. The van der Waals surface area contributed by atoms with Gasteiger partial charge < -0.3 is 15.2 Å². The number of hydrogen-bond acceptors (Lipinski definition) is 4. The van der Waals surface area contributed by atoms with E-state index in [0.29, 0.717) is 5.75 Å². The number of aliphatic hydroxyl groups excluding tert-OH is 1. The van der Waals surface area contributed by atoms with Gasteiger partial charge in [0.05, 0.1) is 12.3 Å². The Labute approximate surface area is 87.9 Å². The number of rotatable bonds is 1. The van der Waals surface area contributed by atoms with Crippen LogP contribution in [0.2, 0.25) is 0 Å². The number of carbonyl (C=O) groups excluding carboxylic acids is 1. The summed E-state index contributed by atoms with van der Waals surface area (Å²) in [6.45, 7) is 3.46. The second-order valence-electron chi connectivity index (χ2n) is 4.13. The van der Waals surface area contributed by atoms with E-state index in [4.69, 9.17) is 9.84 Å². The lowest BCUT2D eigenvalue weighted by atomic mass is 10.0. The third-order valence-electron chi connectivity index (χ3n) is 2.39. The third kappa shape index (κ3) is 1.68. The van der Waals surface area contributed by atoms with E-state index >= 15 is 0 Å². The first-order chi connectivity index (χ1) is 7.03. The Kier molecular flexibility index (Phi) is 2.16. The monoisotopic (exact) mass is 207 g/mol. The summed E-state index contributed by atoms with van der Waals surface area (Å²) >= 11 is 0. The van der Waals surface area contributed by atoms with Crippen LogP contribution in [0.5, 0.6) is 5.75 Å². The summed E-state index contributed by atoms with van der Waals surface area (Å²) in [5, 5.41) is 12.0. The summed E-state index contributed by atoms with van der Waals surface area (Å²) in [7, 11) is 0. The molecular weight excluding hydrogens is 194 g/mol. The van der Waals surface area contributed by atoms with Gasteiger partial charge in [-0.2, -0.15) is 0 Å². The molecule has 0 saturated heterocycles. The average molecular weight is 207 g/mol. The van der Waals surface area contributed by atoms with Crippen molar-refractivity contribution in [2.45, 2.75) is 26.0 Å². The molecule has 0 atom stereocenters. The van der Waals surface area contributed by atoms with Crippen LogP contribution in [0.1, 0.15) is 19.4 Å². The molecule has 1 heterocycles. The van der Waals surface area contributed by atoms with Crippen LogP contribution >= 0.6 is 0 Å². The highest BCUT2D eigenvalue weighted by Gasteiger charge is 2.35. The minimum atomic E-state index is -0.701. The van der Waals surface area contributed by atoms with Crippen molar-refractivity contribution in [1.29, 1.82) is 0 Å². The number of anilines is 1. The number of esters is 1. The summed E-state index contributed by atoms with van der Waals surface area (Å²) in [6, 6.07) is 5.26. The van der Waals surface area contributed by atoms with Crippen molar-refractivity contribution in [3.05, 3.63) is 23.8 Å². The zero-order chi connectivity index (χ0) is 11.1. The van der Waals surface area contributed by atoms with Crippen molar-refractivity contribution in [3.8, 4) is 5.75 Å². The molecule has 2 N–H and O–H groups in total. The quantitative estimate of drug-likeness (QED) is 0.538. The van der Waals surface area contributed by atoms with Crippen molar-refractivity contribution < 1.29 is 14.6 Å². The molecule has 15 heavy (non-hydrogen) atoms. The Balaban J connectivity index is 2.41. The maximum Gasteiger partial charge on any atom is 0.336 e. The fourth-order valence-electron chi connectivity index (χ4n) is 1.47. The van der Waals surface area contributed by atoms with Gasteiger partial charge in [0.2, 0.25) is 0 Å². The molecule has 1 aliphatic heterocycles. The molecule has 0 unspecified atom stereocenters. The molecular formula is C11H13NO3. The van der Waals surface area contributed by atoms with E-state index in [0.717, 1.165) is 11.3 Å². The highest BCUT2D eigenvalue weighted by Crippen LogP contribution is 2.33. The fraction of sp³-hybridized carbons (Fsp3) is 0.364. The molecule has 1 aliphatic rings. The van der Waals surface area contributed by atoms with Crippen molar-refractivity contribution in [1.82, 2.24) is 0 Å². The zero-order valence-electron chi connectivity index (χ0n) is 8.70. The van der Waals surface area contributed by atoms with E-state index in [1.54, 1.807) is 32.0 Å². The van der Waals surface area contributed by atoms with Crippen LogP contribution in [0.15, 0.2) is 18.2 Å². The molecule has 0 bridgehead atoms. The largest absolute Gasteiger partial charge is 0.423 e. The smallest absolute Gasteiger partial charge is 0.336 e. The minimum Gasteiger partial charge on any atom is -0.423 e. The molecule has 80 valence electrons. The molecule has 0 radical (unpaired) electrons. The Morgan fingerprint density at radius 1 is 1.47 bits per heavy atom. The number of ether oxygens (including phenoxy) is 1. The van der Waals surface area contributed by atoms with Crippen molar-refractivity contribution in [2.75, 3.05) is 5.32 Å². The van der Waals surface area contributed by atoms with Crippen LogP contribution in [0.3, 0.4) is 0 Å². The van der Waals surface area contributed by atoms with Gasteiger partial charge in [-0.15, -0.1) is 0 Å². The van der Waals surface area contributed by atoms with E-state index in [-0.39, 0.29) is 12.6 Å². The summed E-state index contributed by atoms with van der Waals surface area (Å²) in [5.41, 5.74) is 0.799. The predicted molar refractivity (Wildman–Crippen MR) is 55.7 cm³/mol. The molecule has 4 heteroatoms. The van der Waals surface area contributed by atoms with Gasteiger partial charge in [0, 0.05) is 0 Å². The van der Waals surface area contributed by atoms with Gasteiger partial charge >= 0.3 is 5.97 Å². The van der Waals surface area contributed by atoms with E-state index in [2.05, 4.69) is 5.32 Å². The second-order valence-corrected chi connectivity index (χ2v) is 4.13. The highest BCUT2D eigenvalue weighted by molar-refractivity contribution is 5.90. The van der Waals surface area contributed by atoms with Crippen LogP contribution in [0, 0.1) is 0 Å². The number of benzene rings is 1. The molecule has 0 saturated carbocycles. The topological polar surface area (TPSA) is 58.6 Å². The Hall–Kier alpha value is -1.55. The SMILES string of the molecule is CC1(C)Nc2ccc(CO)cc2OC1=O. The predicted octanol–water partition coefficient (Wildman–Crippen LogP) is 1.29. The van der Waals surface area contributed by atoms with Crippen molar-refractivity contribution in [3.63, 3.8) is 0 Å². The first-order valence-electron chi connectivity index (χ1n) is 4.77. The van der Waals surface area contributed by atoms with E-state index < -0.39 is 5.54 Å². The molecule has 0 fully saturated rings. The van der Waals surface area contributed by atoms with Crippen LogP contribution in [-0.4, -0.2) is 16.6 Å². The van der Waals surface area contributed by atoms with Crippen LogP contribution in [-0.2, 0) is 11.4 Å². The summed E-state index contributed by atoms with van der Waals surface area (Å²) in [4.78, 5) is 11.5. The standard InChI is InChI=1S/C11H13NO3/c1-11(2)10(14)15-9-5-7(6-13)3-4-8(9)12-11/h3-5,12-13H,6H2,1-2H3. The minimum absolute atomic E-state index is 0.0613.